The molecule has 144 valence electrons. The van der Waals surface area contributed by atoms with Crippen LogP contribution in [-0.2, 0) is 6.54 Å². The third-order valence-electron chi connectivity index (χ3n) is 5.07. The second kappa shape index (κ2) is 8.23. The van der Waals surface area contributed by atoms with Crippen LogP contribution in [0.15, 0.2) is 88.1 Å². The van der Waals surface area contributed by atoms with E-state index in [0.29, 0.717) is 0 Å². The molecule has 4 nitrogen and oxygen atoms in total. The Labute approximate surface area is 171 Å². The van der Waals surface area contributed by atoms with Crippen LogP contribution in [0.5, 0.6) is 0 Å². The van der Waals surface area contributed by atoms with E-state index in [-0.39, 0.29) is 0 Å². The van der Waals surface area contributed by atoms with Crippen LogP contribution in [0, 0.1) is 13.8 Å². The first-order valence-corrected chi connectivity index (χ1v) is 9.85. The lowest BCUT2D eigenvalue weighted by atomic mass is 10.1. The first kappa shape index (κ1) is 18.8. The molecule has 0 N–H and O–H groups in total. The van der Waals surface area contributed by atoms with Crippen LogP contribution in [-0.4, -0.2) is 10.8 Å². The van der Waals surface area contributed by atoms with Crippen LogP contribution < -0.4 is 0 Å². The molecule has 0 saturated carbocycles. The van der Waals surface area contributed by atoms with E-state index in [1.165, 1.54) is 10.9 Å². The Hall–Kier alpha value is -3.53. The molecule has 4 aromatic rings. The zero-order valence-corrected chi connectivity index (χ0v) is 17.0. The molecular formula is C25H24N4. The van der Waals surface area contributed by atoms with Crippen molar-refractivity contribution in [1.82, 2.24) is 4.57 Å². The van der Waals surface area contributed by atoms with Crippen LogP contribution >= 0.6 is 0 Å². The third kappa shape index (κ3) is 4.02. The minimum Gasteiger partial charge on any atom is -0.347 e. The molecule has 0 fully saturated rings. The monoisotopic (exact) mass is 380 g/mol. The Morgan fingerprint density at radius 3 is 2.41 bits per heavy atom. The van der Waals surface area contributed by atoms with Gasteiger partial charge in [0.05, 0.1) is 17.1 Å². The van der Waals surface area contributed by atoms with Crippen LogP contribution in [0.4, 0.5) is 17.1 Å². The van der Waals surface area contributed by atoms with E-state index >= 15 is 0 Å². The van der Waals surface area contributed by atoms with Crippen molar-refractivity contribution in [3.63, 3.8) is 0 Å². The van der Waals surface area contributed by atoms with Crippen molar-refractivity contribution in [2.24, 2.45) is 15.2 Å². The number of aryl methyl sites for hydroxylation is 3. The fourth-order valence-electron chi connectivity index (χ4n) is 3.41. The molecule has 0 saturated heterocycles. The molecule has 0 aliphatic carbocycles. The average molecular weight is 380 g/mol. The lowest BCUT2D eigenvalue weighted by Gasteiger charge is -2.02. The van der Waals surface area contributed by atoms with E-state index in [0.717, 1.165) is 40.3 Å². The molecule has 1 heterocycles. The smallest absolute Gasteiger partial charge is 0.0886 e. The summed E-state index contributed by atoms with van der Waals surface area (Å²) in [6, 6.07) is 22.4. The van der Waals surface area contributed by atoms with E-state index in [4.69, 9.17) is 4.99 Å². The highest BCUT2D eigenvalue weighted by atomic mass is 15.1. The highest BCUT2D eigenvalue weighted by Crippen LogP contribution is 2.27. The summed E-state index contributed by atoms with van der Waals surface area (Å²) in [6.07, 6.45) is 4.11. The number of aromatic nitrogens is 1. The first-order valence-electron chi connectivity index (χ1n) is 9.85. The van der Waals surface area contributed by atoms with Gasteiger partial charge in [-0.3, -0.25) is 4.99 Å². The Kier molecular flexibility index (Phi) is 5.34. The van der Waals surface area contributed by atoms with Gasteiger partial charge in [0.25, 0.3) is 0 Å². The number of hydrogen-bond donors (Lipinski definition) is 0. The van der Waals surface area contributed by atoms with Crippen LogP contribution in [0.1, 0.15) is 23.6 Å². The maximum atomic E-state index is 4.74. The minimum absolute atomic E-state index is 0.826. The molecule has 0 radical (unpaired) electrons. The summed E-state index contributed by atoms with van der Waals surface area (Å²) in [5.74, 6) is 0. The van der Waals surface area contributed by atoms with Gasteiger partial charge in [-0.15, -0.1) is 0 Å². The number of nitrogens with zero attached hydrogens (tertiary/aromatic N) is 4. The molecule has 1 aromatic heterocycles. The predicted octanol–water partition coefficient (Wildman–Crippen LogP) is 7.44. The topological polar surface area (TPSA) is 42.0 Å². The number of para-hydroxylation sites is 1. The Morgan fingerprint density at radius 2 is 1.62 bits per heavy atom. The van der Waals surface area contributed by atoms with Gasteiger partial charge in [-0.2, -0.15) is 10.2 Å². The average Bonchev–Trinajstić information content (AvgIpc) is 3.10. The largest absolute Gasteiger partial charge is 0.347 e. The Morgan fingerprint density at radius 1 is 0.828 bits per heavy atom. The van der Waals surface area contributed by atoms with Crippen molar-refractivity contribution in [2.45, 2.75) is 27.3 Å². The van der Waals surface area contributed by atoms with Gasteiger partial charge >= 0.3 is 0 Å². The maximum Gasteiger partial charge on any atom is 0.0886 e. The van der Waals surface area contributed by atoms with E-state index in [9.17, 15) is 0 Å². The van der Waals surface area contributed by atoms with Gasteiger partial charge in [-0.05, 0) is 62.2 Å². The van der Waals surface area contributed by atoms with Crippen molar-refractivity contribution in [3.05, 3.63) is 89.6 Å². The minimum atomic E-state index is 0.826. The number of aliphatic imine (C=N–C) groups is 1. The molecule has 0 bridgehead atoms. The third-order valence-corrected chi connectivity index (χ3v) is 5.07. The summed E-state index contributed by atoms with van der Waals surface area (Å²) < 4.78 is 2.25. The Balaban J connectivity index is 1.58. The zero-order chi connectivity index (χ0) is 20.2. The van der Waals surface area contributed by atoms with Gasteiger partial charge in [0.15, 0.2) is 0 Å². The normalized spacial score (nSPS) is 11.8. The zero-order valence-electron chi connectivity index (χ0n) is 17.0. The molecule has 4 rings (SSSR count). The summed E-state index contributed by atoms with van der Waals surface area (Å²) in [6.45, 7) is 7.18. The van der Waals surface area contributed by atoms with Crippen molar-refractivity contribution in [3.8, 4) is 0 Å². The summed E-state index contributed by atoms with van der Waals surface area (Å²) in [5.41, 5.74) is 7.20. The van der Waals surface area contributed by atoms with E-state index in [1.54, 1.807) is 0 Å². The molecular weight excluding hydrogens is 356 g/mol. The molecule has 0 aliphatic heterocycles. The summed E-state index contributed by atoms with van der Waals surface area (Å²) >= 11 is 0. The van der Waals surface area contributed by atoms with Crippen molar-refractivity contribution in [1.29, 1.82) is 0 Å². The number of azo groups is 1. The molecule has 0 unspecified atom stereocenters. The van der Waals surface area contributed by atoms with Gasteiger partial charge in [0.1, 0.15) is 0 Å². The van der Waals surface area contributed by atoms with Crippen molar-refractivity contribution >= 4 is 34.2 Å². The highest BCUT2D eigenvalue weighted by molar-refractivity contribution is 6.00. The lowest BCUT2D eigenvalue weighted by molar-refractivity contribution is 0.797. The van der Waals surface area contributed by atoms with Crippen LogP contribution in [0.3, 0.4) is 0 Å². The SMILES string of the molecule is CCn1cc(C=Nc2ccc(N=Nc3ccccc3C)cc2C)c2ccccc21. The Bertz CT molecular complexity index is 1210. The number of benzene rings is 3. The van der Waals surface area contributed by atoms with Crippen LogP contribution in [0.25, 0.3) is 10.9 Å². The predicted molar refractivity (Wildman–Crippen MR) is 121 cm³/mol. The van der Waals surface area contributed by atoms with Gasteiger partial charge in [-0.25, -0.2) is 0 Å². The van der Waals surface area contributed by atoms with Gasteiger partial charge in [0, 0.05) is 35.4 Å². The molecule has 0 amide bonds. The van der Waals surface area contributed by atoms with Gasteiger partial charge in [-0.1, -0.05) is 36.4 Å². The number of rotatable bonds is 5. The summed E-state index contributed by atoms with van der Waals surface area (Å²) in [5, 5.41) is 9.97. The fourth-order valence-corrected chi connectivity index (χ4v) is 3.41. The van der Waals surface area contributed by atoms with Gasteiger partial charge in [0.2, 0.25) is 0 Å². The molecule has 3 aromatic carbocycles. The molecule has 0 aliphatic rings. The number of fused-ring (bicyclic) bond motifs is 1. The van der Waals surface area contributed by atoms with Crippen molar-refractivity contribution < 1.29 is 0 Å². The standard InChI is InChI=1S/C25H24N4/c1-4-29-17-20(22-10-6-8-12-25(22)29)16-26-23-14-13-21(15-19(23)3)27-28-24-11-7-5-9-18(24)2/h5-17H,4H2,1-3H3. The quantitative estimate of drug-likeness (QED) is 0.255. The summed E-state index contributed by atoms with van der Waals surface area (Å²) in [7, 11) is 0. The maximum absolute atomic E-state index is 4.74. The van der Waals surface area contributed by atoms with Crippen molar-refractivity contribution in [2.75, 3.05) is 0 Å². The molecule has 0 atom stereocenters. The van der Waals surface area contributed by atoms with E-state index in [2.05, 4.69) is 59.1 Å². The van der Waals surface area contributed by atoms with Gasteiger partial charge < -0.3 is 4.57 Å². The van der Waals surface area contributed by atoms with E-state index in [1.807, 2.05) is 55.6 Å². The number of hydrogen-bond acceptors (Lipinski definition) is 3. The second-order valence-electron chi connectivity index (χ2n) is 7.10. The second-order valence-corrected chi connectivity index (χ2v) is 7.10. The fraction of sp³-hybridized carbons (Fsp3) is 0.160. The highest BCUT2D eigenvalue weighted by Gasteiger charge is 2.05. The van der Waals surface area contributed by atoms with E-state index < -0.39 is 0 Å². The summed E-state index contributed by atoms with van der Waals surface area (Å²) in [4.78, 5) is 4.74. The molecule has 0 spiro atoms. The lowest BCUT2D eigenvalue weighted by Crippen LogP contribution is -1.89. The molecule has 4 heteroatoms. The first-order chi connectivity index (χ1) is 14.2. The molecule has 29 heavy (non-hydrogen) atoms. The van der Waals surface area contributed by atoms with Crippen LogP contribution in [0.2, 0.25) is 0 Å².